The van der Waals surface area contributed by atoms with Gasteiger partial charge < -0.3 is 14.7 Å². The summed E-state index contributed by atoms with van der Waals surface area (Å²) < 4.78 is 0. The first-order valence-corrected chi connectivity index (χ1v) is 11.7. The van der Waals surface area contributed by atoms with Crippen molar-refractivity contribution in [2.75, 3.05) is 36.0 Å². The summed E-state index contributed by atoms with van der Waals surface area (Å²) in [7, 11) is 0. The van der Waals surface area contributed by atoms with Crippen LogP contribution in [0.4, 0.5) is 11.4 Å². The van der Waals surface area contributed by atoms with E-state index in [0.717, 1.165) is 36.4 Å². The molecule has 2 amide bonds. The fourth-order valence-corrected chi connectivity index (χ4v) is 4.84. The third-order valence-electron chi connectivity index (χ3n) is 6.45. The Balaban J connectivity index is 1.28. The third-order valence-corrected chi connectivity index (χ3v) is 6.69. The average Bonchev–Trinajstić information content (AvgIpc) is 2.86. The molecule has 0 spiro atoms. The van der Waals surface area contributed by atoms with Gasteiger partial charge in [-0.25, -0.2) is 0 Å². The zero-order valence-electron chi connectivity index (χ0n) is 18.4. The Morgan fingerprint density at radius 3 is 2.39 bits per heavy atom. The first-order chi connectivity index (χ1) is 16.1. The lowest BCUT2D eigenvalue weighted by atomic mass is 9.99. The lowest BCUT2D eigenvalue weighted by Crippen LogP contribution is -2.48. The molecule has 0 radical (unpaired) electrons. The van der Waals surface area contributed by atoms with Crippen LogP contribution >= 0.6 is 11.6 Å². The fourth-order valence-electron chi connectivity index (χ4n) is 4.65. The second-order valence-electron chi connectivity index (χ2n) is 8.57. The number of hydrogen-bond acceptors (Lipinski definition) is 3. The molecule has 0 aliphatic carbocycles. The molecule has 0 bridgehead atoms. The van der Waals surface area contributed by atoms with Crippen LogP contribution in [0.1, 0.15) is 27.9 Å². The number of piperazine rings is 1. The first-order valence-electron chi connectivity index (χ1n) is 11.4. The van der Waals surface area contributed by atoms with Gasteiger partial charge in [-0.05, 0) is 53.9 Å². The Morgan fingerprint density at radius 1 is 0.848 bits per heavy atom. The van der Waals surface area contributed by atoms with Gasteiger partial charge in [0.2, 0.25) is 5.91 Å². The normalized spacial score (nSPS) is 16.0. The molecule has 0 saturated carbocycles. The van der Waals surface area contributed by atoms with E-state index in [2.05, 4.69) is 35.2 Å². The van der Waals surface area contributed by atoms with Crippen LogP contribution in [-0.2, 0) is 17.8 Å². The van der Waals surface area contributed by atoms with Gasteiger partial charge >= 0.3 is 0 Å². The molecule has 1 saturated heterocycles. The summed E-state index contributed by atoms with van der Waals surface area (Å²) in [4.78, 5) is 31.6. The number of benzene rings is 3. The van der Waals surface area contributed by atoms with Crippen LogP contribution in [0.2, 0.25) is 5.02 Å². The van der Waals surface area contributed by atoms with Crippen molar-refractivity contribution in [3.8, 4) is 0 Å². The number of amides is 2. The second-order valence-corrected chi connectivity index (χ2v) is 9.00. The molecule has 3 aromatic rings. The summed E-state index contributed by atoms with van der Waals surface area (Å²) in [5, 5.41) is 0.577. The summed E-state index contributed by atoms with van der Waals surface area (Å²) in [6.45, 7) is 3.48. The highest BCUT2D eigenvalue weighted by molar-refractivity contribution is 6.30. The number of fused-ring (bicyclic) bond motifs is 1. The van der Waals surface area contributed by atoms with Gasteiger partial charge in [-0.1, -0.05) is 48.0 Å². The van der Waals surface area contributed by atoms with Gasteiger partial charge in [0.25, 0.3) is 5.91 Å². The molecule has 2 aliphatic heterocycles. The van der Waals surface area contributed by atoms with E-state index >= 15 is 0 Å². The van der Waals surface area contributed by atoms with Crippen molar-refractivity contribution in [2.24, 2.45) is 0 Å². The van der Waals surface area contributed by atoms with Crippen molar-refractivity contribution in [3.05, 3.63) is 94.5 Å². The van der Waals surface area contributed by atoms with Crippen molar-refractivity contribution >= 4 is 34.8 Å². The predicted octanol–water partition coefficient (Wildman–Crippen LogP) is 4.78. The highest BCUT2D eigenvalue weighted by atomic mass is 35.5. The number of hydrogen-bond donors (Lipinski definition) is 0. The molecule has 6 heteroatoms. The number of nitrogens with zero attached hydrogens (tertiary/aromatic N) is 3. The minimum atomic E-state index is 0.0256. The third kappa shape index (κ3) is 4.60. The Labute approximate surface area is 199 Å². The summed E-state index contributed by atoms with van der Waals surface area (Å²) in [5.74, 6) is 0.199. The standard InChI is InChI=1S/C27H26ClN3O2/c28-23-8-4-7-22(17-23)27(33)30-15-13-29(14-16-30)24-10-11-25-21(18-24)9-12-26(32)31(25)19-20-5-2-1-3-6-20/h1-8,10-11,17-18H,9,12-16,19H2. The number of rotatable bonds is 4. The van der Waals surface area contributed by atoms with Crippen molar-refractivity contribution < 1.29 is 9.59 Å². The Kier molecular flexibility index (Phi) is 6.05. The largest absolute Gasteiger partial charge is 0.368 e. The summed E-state index contributed by atoms with van der Waals surface area (Å²) >= 11 is 6.05. The van der Waals surface area contributed by atoms with E-state index in [9.17, 15) is 9.59 Å². The Morgan fingerprint density at radius 2 is 1.64 bits per heavy atom. The van der Waals surface area contributed by atoms with Crippen LogP contribution in [0.3, 0.4) is 0 Å². The van der Waals surface area contributed by atoms with Crippen LogP contribution in [0.15, 0.2) is 72.8 Å². The van der Waals surface area contributed by atoms with Gasteiger partial charge in [-0.2, -0.15) is 0 Å². The maximum Gasteiger partial charge on any atom is 0.254 e. The number of anilines is 2. The zero-order chi connectivity index (χ0) is 22.8. The van der Waals surface area contributed by atoms with Crippen molar-refractivity contribution in [1.29, 1.82) is 0 Å². The molecule has 33 heavy (non-hydrogen) atoms. The van der Waals surface area contributed by atoms with Crippen LogP contribution in [-0.4, -0.2) is 42.9 Å². The summed E-state index contributed by atoms with van der Waals surface area (Å²) in [6, 6.07) is 23.6. The van der Waals surface area contributed by atoms with Crippen molar-refractivity contribution in [2.45, 2.75) is 19.4 Å². The highest BCUT2D eigenvalue weighted by Gasteiger charge is 2.27. The minimum absolute atomic E-state index is 0.0256. The zero-order valence-corrected chi connectivity index (χ0v) is 19.2. The monoisotopic (exact) mass is 459 g/mol. The molecule has 5 rings (SSSR count). The van der Waals surface area contributed by atoms with E-state index in [1.54, 1.807) is 12.1 Å². The predicted molar refractivity (Wildman–Crippen MR) is 132 cm³/mol. The molecule has 0 atom stereocenters. The number of aryl methyl sites for hydroxylation is 1. The number of carbonyl (C=O) groups is 2. The second kappa shape index (κ2) is 9.28. The average molecular weight is 460 g/mol. The number of carbonyl (C=O) groups excluding carboxylic acids is 2. The van der Waals surface area contributed by atoms with Crippen LogP contribution in [0, 0.1) is 0 Å². The minimum Gasteiger partial charge on any atom is -0.368 e. The van der Waals surface area contributed by atoms with Gasteiger partial charge in [-0.15, -0.1) is 0 Å². The van der Waals surface area contributed by atoms with E-state index in [-0.39, 0.29) is 11.8 Å². The Hall–Kier alpha value is -3.31. The lowest BCUT2D eigenvalue weighted by molar-refractivity contribution is -0.119. The summed E-state index contributed by atoms with van der Waals surface area (Å²) in [5.41, 5.74) is 5.13. The molecular weight excluding hydrogens is 434 g/mol. The molecular formula is C27H26ClN3O2. The van der Waals surface area contributed by atoms with Crippen molar-refractivity contribution in [3.63, 3.8) is 0 Å². The van der Waals surface area contributed by atoms with Gasteiger partial charge in [0.15, 0.2) is 0 Å². The maximum absolute atomic E-state index is 12.8. The first kappa shape index (κ1) is 21.5. The summed E-state index contributed by atoms with van der Waals surface area (Å²) in [6.07, 6.45) is 1.30. The van der Waals surface area contributed by atoms with E-state index in [1.165, 1.54) is 5.56 Å². The molecule has 0 N–H and O–H groups in total. The van der Waals surface area contributed by atoms with E-state index in [4.69, 9.17) is 11.6 Å². The van der Waals surface area contributed by atoms with Crippen molar-refractivity contribution in [1.82, 2.24) is 4.90 Å². The van der Waals surface area contributed by atoms with E-state index in [1.807, 2.05) is 40.1 Å². The van der Waals surface area contributed by atoms with Crippen LogP contribution in [0.25, 0.3) is 0 Å². The molecule has 5 nitrogen and oxygen atoms in total. The number of halogens is 1. The molecule has 1 fully saturated rings. The van der Waals surface area contributed by atoms with Gasteiger partial charge in [0, 0.05) is 54.6 Å². The molecule has 0 aromatic heterocycles. The molecule has 2 aliphatic rings. The topological polar surface area (TPSA) is 43.9 Å². The quantitative estimate of drug-likeness (QED) is 0.564. The Bertz CT molecular complexity index is 1170. The van der Waals surface area contributed by atoms with E-state index in [0.29, 0.717) is 36.6 Å². The molecule has 168 valence electrons. The van der Waals surface area contributed by atoms with E-state index < -0.39 is 0 Å². The smallest absolute Gasteiger partial charge is 0.254 e. The maximum atomic E-state index is 12.8. The van der Waals surface area contributed by atoms with Crippen LogP contribution in [0.5, 0.6) is 0 Å². The lowest BCUT2D eigenvalue weighted by Gasteiger charge is -2.37. The fraction of sp³-hybridized carbons (Fsp3) is 0.259. The molecule has 0 unspecified atom stereocenters. The SMILES string of the molecule is O=C(c1cccc(Cl)c1)N1CCN(c2ccc3c(c2)CCC(=O)N3Cc2ccccc2)CC1. The van der Waals surface area contributed by atoms with Gasteiger partial charge in [-0.3, -0.25) is 9.59 Å². The molecule has 3 aromatic carbocycles. The molecule has 2 heterocycles. The van der Waals surface area contributed by atoms with Crippen LogP contribution < -0.4 is 9.80 Å². The van der Waals surface area contributed by atoms with Gasteiger partial charge in [0.1, 0.15) is 0 Å². The highest BCUT2D eigenvalue weighted by Crippen LogP contribution is 2.33. The van der Waals surface area contributed by atoms with Gasteiger partial charge in [0.05, 0.1) is 6.54 Å².